The second kappa shape index (κ2) is 7.81. The zero-order chi connectivity index (χ0) is 14.5. The Labute approximate surface area is 138 Å². The van der Waals surface area contributed by atoms with Gasteiger partial charge in [-0.2, -0.15) is 0 Å². The molecule has 1 saturated carbocycles. The van der Waals surface area contributed by atoms with Gasteiger partial charge in [-0.15, -0.1) is 0 Å². The van der Waals surface area contributed by atoms with Gasteiger partial charge in [0.05, 0.1) is 11.1 Å². The van der Waals surface area contributed by atoms with Crippen molar-refractivity contribution in [3.8, 4) is 5.75 Å². The average Bonchev–Trinajstić information content (AvgIpc) is 2.41. The predicted molar refractivity (Wildman–Crippen MR) is 91.3 cm³/mol. The van der Waals surface area contributed by atoms with Gasteiger partial charge in [-0.1, -0.05) is 22.9 Å². The Bertz CT molecular complexity index is 442. The summed E-state index contributed by atoms with van der Waals surface area (Å²) in [7, 11) is 0. The largest absolute Gasteiger partial charge is 0.492 e. The van der Waals surface area contributed by atoms with Crippen molar-refractivity contribution in [2.24, 2.45) is 5.92 Å². The summed E-state index contributed by atoms with van der Waals surface area (Å²) in [5, 5.41) is 3.69. The maximum atomic E-state index is 5.77. The van der Waals surface area contributed by atoms with Crippen molar-refractivity contribution in [2.75, 3.05) is 6.61 Å². The maximum absolute atomic E-state index is 5.77. The van der Waals surface area contributed by atoms with E-state index in [2.05, 4.69) is 50.2 Å². The summed E-state index contributed by atoms with van der Waals surface area (Å²) in [4.78, 5) is 0. The van der Waals surface area contributed by atoms with E-state index in [1.807, 2.05) is 13.0 Å². The highest BCUT2D eigenvalue weighted by molar-refractivity contribution is 9.11. The van der Waals surface area contributed by atoms with Crippen LogP contribution in [0, 0.1) is 5.92 Å². The van der Waals surface area contributed by atoms with Crippen LogP contribution in [0.3, 0.4) is 0 Å². The number of benzene rings is 1. The van der Waals surface area contributed by atoms with Gasteiger partial charge in [0.1, 0.15) is 5.75 Å². The molecule has 0 unspecified atom stereocenters. The first kappa shape index (κ1) is 16.3. The van der Waals surface area contributed by atoms with Crippen LogP contribution in [-0.4, -0.2) is 12.6 Å². The summed E-state index contributed by atoms with van der Waals surface area (Å²) in [5.74, 6) is 1.86. The zero-order valence-corrected chi connectivity index (χ0v) is 15.4. The molecule has 1 aromatic carbocycles. The molecule has 1 N–H and O–H groups in total. The Kier molecular flexibility index (Phi) is 6.37. The van der Waals surface area contributed by atoms with E-state index >= 15 is 0 Å². The van der Waals surface area contributed by atoms with Gasteiger partial charge in [0.25, 0.3) is 0 Å². The average molecular weight is 405 g/mol. The van der Waals surface area contributed by atoms with Crippen molar-refractivity contribution in [3.05, 3.63) is 26.6 Å². The summed E-state index contributed by atoms with van der Waals surface area (Å²) in [5.41, 5.74) is 1.21. The fourth-order valence-electron chi connectivity index (χ4n) is 2.77. The molecule has 0 amide bonds. The lowest BCUT2D eigenvalue weighted by Crippen LogP contribution is -2.32. The third-order valence-electron chi connectivity index (χ3n) is 3.97. The van der Waals surface area contributed by atoms with E-state index in [-0.39, 0.29) is 0 Å². The SMILES string of the molecule is CCOc1c(Br)cc(Br)cc1CNC1CCC(C)CC1. The van der Waals surface area contributed by atoms with Crippen LogP contribution < -0.4 is 10.1 Å². The van der Waals surface area contributed by atoms with Gasteiger partial charge in [0.15, 0.2) is 0 Å². The van der Waals surface area contributed by atoms with Gasteiger partial charge in [-0.25, -0.2) is 0 Å². The number of rotatable bonds is 5. The fraction of sp³-hybridized carbons (Fsp3) is 0.625. The summed E-state index contributed by atoms with van der Waals surface area (Å²) >= 11 is 7.15. The normalized spacial score (nSPS) is 22.8. The third-order valence-corrected chi connectivity index (χ3v) is 5.02. The molecule has 0 atom stereocenters. The van der Waals surface area contributed by atoms with E-state index in [9.17, 15) is 0 Å². The molecule has 0 aliphatic heterocycles. The van der Waals surface area contributed by atoms with Crippen LogP contribution in [0.1, 0.15) is 45.1 Å². The first-order valence-electron chi connectivity index (χ1n) is 7.44. The molecule has 1 aliphatic carbocycles. The number of halogens is 2. The highest BCUT2D eigenvalue weighted by atomic mass is 79.9. The molecule has 1 aliphatic rings. The van der Waals surface area contributed by atoms with E-state index in [1.165, 1.54) is 31.2 Å². The number of hydrogen-bond acceptors (Lipinski definition) is 2. The Hall–Kier alpha value is -0.0600. The molecule has 2 nitrogen and oxygen atoms in total. The van der Waals surface area contributed by atoms with Crippen molar-refractivity contribution in [3.63, 3.8) is 0 Å². The molecule has 0 radical (unpaired) electrons. The van der Waals surface area contributed by atoms with Crippen molar-refractivity contribution in [1.82, 2.24) is 5.32 Å². The van der Waals surface area contributed by atoms with Gasteiger partial charge in [-0.3, -0.25) is 0 Å². The fourth-order valence-corrected chi connectivity index (χ4v) is 4.20. The summed E-state index contributed by atoms with van der Waals surface area (Å²) in [6.07, 6.45) is 5.27. The van der Waals surface area contributed by atoms with Gasteiger partial charge in [0.2, 0.25) is 0 Å². The molecule has 4 heteroatoms. The number of nitrogens with one attached hydrogen (secondary N) is 1. The highest BCUT2D eigenvalue weighted by Crippen LogP contribution is 2.33. The number of ether oxygens (including phenoxy) is 1. The Morgan fingerprint density at radius 3 is 2.55 bits per heavy atom. The first-order valence-corrected chi connectivity index (χ1v) is 9.02. The van der Waals surface area contributed by atoms with E-state index in [4.69, 9.17) is 4.74 Å². The van der Waals surface area contributed by atoms with Gasteiger partial charge in [0, 0.05) is 22.6 Å². The molecule has 1 aromatic rings. The lowest BCUT2D eigenvalue weighted by molar-refractivity contribution is 0.301. The van der Waals surface area contributed by atoms with Crippen LogP contribution in [0.25, 0.3) is 0 Å². The van der Waals surface area contributed by atoms with Gasteiger partial charge < -0.3 is 10.1 Å². The van der Waals surface area contributed by atoms with Crippen LogP contribution >= 0.6 is 31.9 Å². The second-order valence-electron chi connectivity index (χ2n) is 5.65. The smallest absolute Gasteiger partial charge is 0.138 e. The second-order valence-corrected chi connectivity index (χ2v) is 7.42. The topological polar surface area (TPSA) is 21.3 Å². The monoisotopic (exact) mass is 403 g/mol. The van der Waals surface area contributed by atoms with Crippen molar-refractivity contribution < 1.29 is 4.74 Å². The molecular weight excluding hydrogens is 382 g/mol. The molecule has 112 valence electrons. The molecule has 0 saturated heterocycles. The first-order chi connectivity index (χ1) is 9.60. The maximum Gasteiger partial charge on any atom is 0.138 e. The summed E-state index contributed by atoms with van der Waals surface area (Å²) in [6.45, 7) is 5.93. The third kappa shape index (κ3) is 4.47. The molecular formula is C16H23Br2NO. The van der Waals surface area contributed by atoms with Crippen LogP contribution in [0.5, 0.6) is 5.75 Å². The lowest BCUT2D eigenvalue weighted by Gasteiger charge is -2.27. The van der Waals surface area contributed by atoms with Gasteiger partial charge in [-0.05, 0) is 66.6 Å². The summed E-state index contributed by atoms with van der Waals surface area (Å²) < 4.78 is 7.87. The van der Waals surface area contributed by atoms with Crippen molar-refractivity contribution >= 4 is 31.9 Å². The minimum absolute atomic E-state index is 0.651. The number of hydrogen-bond donors (Lipinski definition) is 1. The van der Waals surface area contributed by atoms with Crippen molar-refractivity contribution in [2.45, 2.75) is 52.1 Å². The zero-order valence-electron chi connectivity index (χ0n) is 12.2. The van der Waals surface area contributed by atoms with E-state index in [1.54, 1.807) is 0 Å². The molecule has 0 spiro atoms. The molecule has 0 bridgehead atoms. The molecule has 0 aromatic heterocycles. The minimum atomic E-state index is 0.651. The van der Waals surface area contributed by atoms with Gasteiger partial charge >= 0.3 is 0 Å². The standard InChI is InChI=1S/C16H23Br2NO/c1-3-20-16-12(8-13(17)9-15(16)18)10-19-14-6-4-11(2)5-7-14/h8-9,11,14,19H,3-7,10H2,1-2H3. The lowest BCUT2D eigenvalue weighted by atomic mass is 9.87. The molecule has 20 heavy (non-hydrogen) atoms. The minimum Gasteiger partial charge on any atom is -0.492 e. The Morgan fingerprint density at radius 2 is 1.90 bits per heavy atom. The Balaban J connectivity index is 2.01. The van der Waals surface area contributed by atoms with E-state index in [0.29, 0.717) is 12.6 Å². The van der Waals surface area contributed by atoms with Crippen LogP contribution in [0.2, 0.25) is 0 Å². The van der Waals surface area contributed by atoms with Crippen LogP contribution in [0.4, 0.5) is 0 Å². The van der Waals surface area contributed by atoms with E-state index in [0.717, 1.165) is 27.2 Å². The summed E-state index contributed by atoms with van der Waals surface area (Å²) in [6, 6.07) is 4.84. The molecule has 2 rings (SSSR count). The van der Waals surface area contributed by atoms with Crippen LogP contribution in [-0.2, 0) is 6.54 Å². The molecule has 0 heterocycles. The highest BCUT2D eigenvalue weighted by Gasteiger charge is 2.18. The predicted octanol–water partition coefficient (Wildman–Crippen LogP) is 5.28. The van der Waals surface area contributed by atoms with Crippen LogP contribution in [0.15, 0.2) is 21.1 Å². The quantitative estimate of drug-likeness (QED) is 0.720. The Morgan fingerprint density at radius 1 is 1.20 bits per heavy atom. The van der Waals surface area contributed by atoms with Crippen molar-refractivity contribution in [1.29, 1.82) is 0 Å². The molecule has 1 fully saturated rings. The van der Waals surface area contributed by atoms with E-state index < -0.39 is 0 Å².